The third-order valence-corrected chi connectivity index (χ3v) is 5.80. The molecule has 2 heterocycles. The van der Waals surface area contributed by atoms with Crippen molar-refractivity contribution in [2.75, 3.05) is 19.3 Å². The summed E-state index contributed by atoms with van der Waals surface area (Å²) in [6, 6.07) is 11.2. The highest BCUT2D eigenvalue weighted by atomic mass is 127. The summed E-state index contributed by atoms with van der Waals surface area (Å²) in [5.74, 6) is 2.66. The van der Waals surface area contributed by atoms with Gasteiger partial charge in [0.1, 0.15) is 5.76 Å². The molecule has 0 aliphatic carbocycles. The van der Waals surface area contributed by atoms with Crippen LogP contribution in [0.3, 0.4) is 0 Å². The van der Waals surface area contributed by atoms with Crippen molar-refractivity contribution < 1.29 is 9.21 Å². The van der Waals surface area contributed by atoms with Gasteiger partial charge in [0.05, 0.1) is 12.8 Å². The smallest absolute Gasteiger partial charge is 0.251 e. The van der Waals surface area contributed by atoms with Crippen molar-refractivity contribution in [1.29, 1.82) is 0 Å². The fraction of sp³-hybridized carbons (Fsp3) is 0.400. The summed E-state index contributed by atoms with van der Waals surface area (Å²) in [6.07, 6.45) is 4.17. The molecule has 1 aromatic carbocycles. The van der Waals surface area contributed by atoms with Gasteiger partial charge in [0, 0.05) is 31.0 Å². The molecule has 1 aliphatic heterocycles. The molecule has 152 valence electrons. The highest BCUT2D eigenvalue weighted by Crippen LogP contribution is 2.25. The molecule has 1 aromatic heterocycles. The zero-order valence-electron chi connectivity index (χ0n) is 15.9. The molecule has 6 nitrogen and oxygen atoms in total. The molecule has 0 radical (unpaired) electrons. The van der Waals surface area contributed by atoms with Gasteiger partial charge in [-0.2, -0.15) is 11.8 Å². The summed E-state index contributed by atoms with van der Waals surface area (Å²) >= 11 is 2.02. The van der Waals surface area contributed by atoms with Crippen molar-refractivity contribution in [3.05, 3.63) is 59.5 Å². The van der Waals surface area contributed by atoms with Crippen molar-refractivity contribution in [1.82, 2.24) is 16.0 Å². The number of hydrogen-bond donors (Lipinski definition) is 3. The van der Waals surface area contributed by atoms with Gasteiger partial charge in [0.15, 0.2) is 5.96 Å². The molecule has 3 N–H and O–H groups in total. The standard InChI is InChI=1S/C20H26N4O2S.HI/c1-21-20(24-14-18-8-4-10-27-18)23-12-15-5-2-6-16(11-15)19(25)22-13-17-7-3-9-26-17;/h2-3,5-7,9,11,18H,4,8,10,12-14H2,1H3,(H,22,25)(H2,21,23,24);1H. The van der Waals surface area contributed by atoms with Crippen LogP contribution in [0.4, 0.5) is 0 Å². The first kappa shape index (κ1) is 22.6. The topological polar surface area (TPSA) is 78.7 Å². The average molecular weight is 514 g/mol. The number of nitrogens with one attached hydrogen (secondary N) is 3. The van der Waals surface area contributed by atoms with E-state index in [-0.39, 0.29) is 29.9 Å². The molecule has 8 heteroatoms. The number of guanidine groups is 1. The Morgan fingerprint density at radius 2 is 2.11 bits per heavy atom. The Kier molecular flexibility index (Phi) is 9.69. The minimum Gasteiger partial charge on any atom is -0.467 e. The molecule has 0 saturated carbocycles. The van der Waals surface area contributed by atoms with Gasteiger partial charge in [0.25, 0.3) is 5.91 Å². The van der Waals surface area contributed by atoms with E-state index in [1.54, 1.807) is 19.4 Å². The minimum absolute atomic E-state index is 0. The molecular weight excluding hydrogens is 487 g/mol. The molecule has 1 amide bonds. The lowest BCUT2D eigenvalue weighted by atomic mass is 10.1. The number of furan rings is 1. The second-order valence-corrected chi connectivity index (χ2v) is 7.81. The first-order valence-corrected chi connectivity index (χ1v) is 10.2. The van der Waals surface area contributed by atoms with E-state index >= 15 is 0 Å². The summed E-state index contributed by atoms with van der Waals surface area (Å²) < 4.78 is 5.23. The van der Waals surface area contributed by atoms with E-state index in [0.717, 1.165) is 23.8 Å². The fourth-order valence-electron chi connectivity index (χ4n) is 2.93. The highest BCUT2D eigenvalue weighted by Gasteiger charge is 2.15. The molecule has 3 rings (SSSR count). The zero-order chi connectivity index (χ0) is 18.9. The lowest BCUT2D eigenvalue weighted by molar-refractivity contribution is 0.0948. The number of halogens is 1. The van der Waals surface area contributed by atoms with E-state index in [0.29, 0.717) is 23.9 Å². The van der Waals surface area contributed by atoms with Gasteiger partial charge in [-0.05, 0) is 48.4 Å². The van der Waals surface area contributed by atoms with Gasteiger partial charge >= 0.3 is 0 Å². The number of nitrogens with zero attached hydrogens (tertiary/aromatic N) is 1. The molecule has 1 unspecified atom stereocenters. The SMILES string of the molecule is CN=C(NCc1cccc(C(=O)NCc2ccco2)c1)NCC1CCCS1.I. The van der Waals surface area contributed by atoms with Crippen molar-refractivity contribution in [3.8, 4) is 0 Å². The van der Waals surface area contributed by atoms with Crippen LogP contribution in [0, 0.1) is 0 Å². The highest BCUT2D eigenvalue weighted by molar-refractivity contribution is 14.0. The van der Waals surface area contributed by atoms with Crippen LogP contribution in [-0.2, 0) is 13.1 Å². The Morgan fingerprint density at radius 1 is 1.21 bits per heavy atom. The van der Waals surface area contributed by atoms with Crippen LogP contribution in [0.5, 0.6) is 0 Å². The summed E-state index contributed by atoms with van der Waals surface area (Å²) in [5, 5.41) is 10.2. The van der Waals surface area contributed by atoms with Gasteiger partial charge < -0.3 is 20.4 Å². The van der Waals surface area contributed by atoms with Gasteiger partial charge in [-0.25, -0.2) is 0 Å². The molecule has 0 bridgehead atoms. The predicted octanol–water partition coefficient (Wildman–Crippen LogP) is 3.39. The second-order valence-electron chi connectivity index (χ2n) is 6.40. The molecule has 28 heavy (non-hydrogen) atoms. The van der Waals surface area contributed by atoms with E-state index in [9.17, 15) is 4.79 Å². The minimum atomic E-state index is -0.117. The monoisotopic (exact) mass is 514 g/mol. The summed E-state index contributed by atoms with van der Waals surface area (Å²) in [6.45, 7) is 1.92. The van der Waals surface area contributed by atoms with Crippen molar-refractivity contribution >= 4 is 47.6 Å². The zero-order valence-corrected chi connectivity index (χ0v) is 19.1. The number of carbonyl (C=O) groups excluding carboxylic acids is 1. The van der Waals surface area contributed by atoms with Crippen LogP contribution >= 0.6 is 35.7 Å². The molecule has 0 spiro atoms. The first-order chi connectivity index (χ1) is 13.2. The Bertz CT molecular complexity index is 761. The molecule has 2 aromatic rings. The van der Waals surface area contributed by atoms with Crippen LogP contribution in [-0.4, -0.2) is 36.5 Å². The number of aliphatic imine (C=N–C) groups is 1. The molecule has 1 saturated heterocycles. The molecule has 1 fully saturated rings. The third-order valence-electron chi connectivity index (χ3n) is 4.40. The molecular formula is C20H27IN4O2S. The van der Waals surface area contributed by atoms with E-state index < -0.39 is 0 Å². The number of benzene rings is 1. The number of hydrogen-bond acceptors (Lipinski definition) is 4. The summed E-state index contributed by atoms with van der Waals surface area (Å²) in [5.41, 5.74) is 1.66. The van der Waals surface area contributed by atoms with Crippen LogP contribution in [0.1, 0.15) is 34.5 Å². The number of rotatable bonds is 7. The van der Waals surface area contributed by atoms with Gasteiger partial charge in [-0.15, -0.1) is 24.0 Å². The van der Waals surface area contributed by atoms with E-state index in [2.05, 4.69) is 20.9 Å². The Labute approximate surface area is 187 Å². The number of amides is 1. The third kappa shape index (κ3) is 7.05. The lowest BCUT2D eigenvalue weighted by Crippen LogP contribution is -2.39. The number of thioether (sulfide) groups is 1. The lowest BCUT2D eigenvalue weighted by Gasteiger charge is -2.15. The first-order valence-electron chi connectivity index (χ1n) is 9.20. The maximum Gasteiger partial charge on any atom is 0.251 e. The maximum atomic E-state index is 12.3. The van der Waals surface area contributed by atoms with Crippen LogP contribution in [0.25, 0.3) is 0 Å². The van der Waals surface area contributed by atoms with E-state index in [1.165, 1.54) is 18.6 Å². The summed E-state index contributed by atoms with van der Waals surface area (Å²) in [4.78, 5) is 16.6. The Hall–Kier alpha value is -1.68. The van der Waals surface area contributed by atoms with E-state index in [4.69, 9.17) is 4.42 Å². The summed E-state index contributed by atoms with van der Waals surface area (Å²) in [7, 11) is 1.77. The average Bonchev–Trinajstić information content (AvgIpc) is 3.40. The van der Waals surface area contributed by atoms with Crippen LogP contribution in [0.2, 0.25) is 0 Å². The van der Waals surface area contributed by atoms with Crippen molar-refractivity contribution in [3.63, 3.8) is 0 Å². The normalized spacial score (nSPS) is 16.3. The largest absolute Gasteiger partial charge is 0.467 e. The van der Waals surface area contributed by atoms with Gasteiger partial charge in [-0.1, -0.05) is 12.1 Å². The second kappa shape index (κ2) is 12.0. The van der Waals surface area contributed by atoms with Crippen LogP contribution in [0.15, 0.2) is 52.1 Å². The number of carbonyl (C=O) groups is 1. The Balaban J connectivity index is 0.00000280. The predicted molar refractivity (Wildman–Crippen MR) is 125 cm³/mol. The van der Waals surface area contributed by atoms with E-state index in [1.807, 2.05) is 42.1 Å². The van der Waals surface area contributed by atoms with Gasteiger partial charge in [0.2, 0.25) is 0 Å². The van der Waals surface area contributed by atoms with Gasteiger partial charge in [-0.3, -0.25) is 9.79 Å². The van der Waals surface area contributed by atoms with Crippen LogP contribution < -0.4 is 16.0 Å². The fourth-order valence-corrected chi connectivity index (χ4v) is 4.13. The quantitative estimate of drug-likeness (QED) is 0.300. The molecule has 1 atom stereocenters. The molecule has 1 aliphatic rings. The Morgan fingerprint density at radius 3 is 2.82 bits per heavy atom. The van der Waals surface area contributed by atoms with Crippen molar-refractivity contribution in [2.24, 2.45) is 4.99 Å². The maximum absolute atomic E-state index is 12.3. The van der Waals surface area contributed by atoms with Crippen molar-refractivity contribution in [2.45, 2.75) is 31.2 Å².